The number of rotatable bonds is 2. The van der Waals surface area contributed by atoms with Crippen molar-refractivity contribution in [2.24, 2.45) is 7.05 Å². The first-order chi connectivity index (χ1) is 9.57. The normalized spacial score (nSPS) is 23.1. The Morgan fingerprint density at radius 1 is 1.25 bits per heavy atom. The van der Waals surface area contributed by atoms with Crippen LogP contribution in [0, 0.1) is 6.92 Å². The maximum absolute atomic E-state index is 5.99. The predicted molar refractivity (Wildman–Crippen MR) is 75.5 cm³/mol. The summed E-state index contributed by atoms with van der Waals surface area (Å²) in [5.41, 5.74) is 1.77. The average Bonchev–Trinajstić information content (AvgIpc) is 2.87. The van der Waals surface area contributed by atoms with Crippen molar-refractivity contribution in [2.75, 3.05) is 24.6 Å². The number of morpholine rings is 1. The van der Waals surface area contributed by atoms with Crippen molar-refractivity contribution >= 4 is 5.95 Å². The van der Waals surface area contributed by atoms with Crippen LogP contribution >= 0.6 is 0 Å². The molecule has 6 nitrogen and oxygen atoms in total. The van der Waals surface area contributed by atoms with E-state index in [2.05, 4.69) is 26.9 Å². The lowest BCUT2D eigenvalue weighted by molar-refractivity contribution is -0.0470. The molecule has 0 radical (unpaired) electrons. The molecule has 2 aromatic heterocycles. The van der Waals surface area contributed by atoms with E-state index in [0.717, 1.165) is 30.2 Å². The molecule has 0 aromatic carbocycles. The molecule has 1 aliphatic heterocycles. The fraction of sp³-hybridized carbons (Fsp3) is 0.500. The van der Waals surface area contributed by atoms with E-state index >= 15 is 0 Å². The molecule has 3 rings (SSSR count). The Hall–Kier alpha value is -1.95. The Morgan fingerprint density at radius 3 is 2.65 bits per heavy atom. The van der Waals surface area contributed by atoms with Crippen LogP contribution in [0.5, 0.6) is 0 Å². The number of hydrogen-bond acceptors (Lipinski definition) is 5. The van der Waals surface area contributed by atoms with E-state index in [4.69, 9.17) is 4.74 Å². The van der Waals surface area contributed by atoms with Crippen molar-refractivity contribution in [3.8, 4) is 0 Å². The zero-order valence-electron chi connectivity index (χ0n) is 12.1. The summed E-state index contributed by atoms with van der Waals surface area (Å²) < 4.78 is 7.79. The Balaban J connectivity index is 1.84. The van der Waals surface area contributed by atoms with Crippen LogP contribution in [-0.4, -0.2) is 39.4 Å². The highest BCUT2D eigenvalue weighted by Crippen LogP contribution is 2.30. The highest BCUT2D eigenvalue weighted by molar-refractivity contribution is 5.33. The van der Waals surface area contributed by atoms with Crippen molar-refractivity contribution in [2.45, 2.75) is 19.4 Å². The number of aromatic nitrogens is 4. The lowest BCUT2D eigenvalue weighted by Crippen LogP contribution is -2.48. The zero-order chi connectivity index (χ0) is 14.2. The van der Waals surface area contributed by atoms with Gasteiger partial charge in [-0.2, -0.15) is 5.10 Å². The van der Waals surface area contributed by atoms with Gasteiger partial charge in [-0.05, 0) is 19.4 Å². The molecule has 6 heteroatoms. The minimum atomic E-state index is -0.374. The van der Waals surface area contributed by atoms with Gasteiger partial charge in [0.05, 0.1) is 19.3 Å². The van der Waals surface area contributed by atoms with E-state index < -0.39 is 0 Å². The topological polar surface area (TPSA) is 56.1 Å². The molecule has 106 valence electrons. The number of hydrogen-bond donors (Lipinski definition) is 0. The molecule has 0 saturated carbocycles. The van der Waals surface area contributed by atoms with Crippen molar-refractivity contribution in [3.63, 3.8) is 0 Å². The van der Waals surface area contributed by atoms with Crippen LogP contribution in [0.15, 0.2) is 24.8 Å². The van der Waals surface area contributed by atoms with Crippen LogP contribution in [0.3, 0.4) is 0 Å². The van der Waals surface area contributed by atoms with Crippen LogP contribution in [-0.2, 0) is 17.4 Å². The molecule has 20 heavy (non-hydrogen) atoms. The first kappa shape index (κ1) is 13.1. The van der Waals surface area contributed by atoms with Crippen molar-refractivity contribution < 1.29 is 4.74 Å². The van der Waals surface area contributed by atoms with Gasteiger partial charge in [-0.15, -0.1) is 0 Å². The van der Waals surface area contributed by atoms with Crippen LogP contribution in [0.2, 0.25) is 0 Å². The molecular formula is C14H19N5O. The van der Waals surface area contributed by atoms with E-state index in [0.29, 0.717) is 6.61 Å². The number of ether oxygens (including phenoxy) is 1. The average molecular weight is 273 g/mol. The molecule has 1 atom stereocenters. The molecule has 1 aliphatic rings. The first-order valence-corrected chi connectivity index (χ1v) is 6.73. The van der Waals surface area contributed by atoms with Gasteiger partial charge < -0.3 is 9.64 Å². The van der Waals surface area contributed by atoms with E-state index in [1.165, 1.54) is 0 Å². The minimum Gasteiger partial charge on any atom is -0.367 e. The van der Waals surface area contributed by atoms with Gasteiger partial charge in [-0.3, -0.25) is 4.68 Å². The highest BCUT2D eigenvalue weighted by Gasteiger charge is 2.35. The zero-order valence-corrected chi connectivity index (χ0v) is 12.1. The summed E-state index contributed by atoms with van der Waals surface area (Å²) in [5.74, 6) is 0.758. The molecule has 1 saturated heterocycles. The van der Waals surface area contributed by atoms with Gasteiger partial charge in [0.25, 0.3) is 0 Å². The smallest absolute Gasteiger partial charge is 0.225 e. The van der Waals surface area contributed by atoms with E-state index in [1.54, 1.807) is 4.68 Å². The SMILES string of the molecule is Cc1cnc(N2CCOC(C)(c3cnn(C)c3)C2)nc1. The summed E-state index contributed by atoms with van der Waals surface area (Å²) in [6.07, 6.45) is 7.55. The van der Waals surface area contributed by atoms with Crippen LogP contribution in [0.1, 0.15) is 18.1 Å². The minimum absolute atomic E-state index is 0.374. The quantitative estimate of drug-likeness (QED) is 0.825. The number of nitrogens with zero attached hydrogens (tertiary/aromatic N) is 5. The molecule has 1 unspecified atom stereocenters. The highest BCUT2D eigenvalue weighted by atomic mass is 16.5. The predicted octanol–water partition coefficient (Wildman–Crippen LogP) is 1.27. The summed E-state index contributed by atoms with van der Waals surface area (Å²) in [6.45, 7) is 6.26. The fourth-order valence-corrected chi connectivity index (χ4v) is 2.46. The third-order valence-electron chi connectivity index (χ3n) is 3.64. The molecule has 0 spiro atoms. The molecule has 0 amide bonds. The molecule has 0 bridgehead atoms. The summed E-state index contributed by atoms with van der Waals surface area (Å²) in [7, 11) is 1.91. The van der Waals surface area contributed by atoms with Gasteiger partial charge in [-0.25, -0.2) is 9.97 Å². The second-order valence-corrected chi connectivity index (χ2v) is 5.46. The van der Waals surface area contributed by atoms with Gasteiger partial charge in [-0.1, -0.05) is 0 Å². The fourth-order valence-electron chi connectivity index (χ4n) is 2.46. The van der Waals surface area contributed by atoms with Crippen LogP contribution in [0.4, 0.5) is 5.95 Å². The Labute approximate surface area is 118 Å². The second kappa shape index (κ2) is 4.86. The van der Waals surface area contributed by atoms with E-state index in [9.17, 15) is 0 Å². The maximum Gasteiger partial charge on any atom is 0.225 e. The van der Waals surface area contributed by atoms with E-state index in [1.807, 2.05) is 38.8 Å². The summed E-state index contributed by atoms with van der Waals surface area (Å²) in [6, 6.07) is 0. The first-order valence-electron chi connectivity index (χ1n) is 6.73. The van der Waals surface area contributed by atoms with Crippen molar-refractivity contribution in [3.05, 3.63) is 35.9 Å². The third-order valence-corrected chi connectivity index (χ3v) is 3.64. The number of aryl methyl sites for hydroxylation is 2. The number of anilines is 1. The van der Waals surface area contributed by atoms with Crippen LogP contribution in [0.25, 0.3) is 0 Å². The van der Waals surface area contributed by atoms with Gasteiger partial charge in [0.15, 0.2) is 0 Å². The molecule has 0 aliphatic carbocycles. The van der Waals surface area contributed by atoms with Crippen molar-refractivity contribution in [1.82, 2.24) is 19.7 Å². The molecular weight excluding hydrogens is 254 g/mol. The van der Waals surface area contributed by atoms with Crippen molar-refractivity contribution in [1.29, 1.82) is 0 Å². The molecule has 3 heterocycles. The maximum atomic E-state index is 5.99. The van der Waals surface area contributed by atoms with Gasteiger partial charge >= 0.3 is 0 Å². The Morgan fingerprint density at radius 2 is 2.00 bits per heavy atom. The Kier molecular flexibility index (Phi) is 3.17. The lowest BCUT2D eigenvalue weighted by Gasteiger charge is -2.40. The second-order valence-electron chi connectivity index (χ2n) is 5.46. The Bertz CT molecular complexity index is 594. The molecule has 2 aromatic rings. The summed E-state index contributed by atoms with van der Waals surface area (Å²) in [4.78, 5) is 11.0. The van der Waals surface area contributed by atoms with Crippen LogP contribution < -0.4 is 4.90 Å². The standard InChI is InChI=1S/C14H19N5O/c1-11-6-15-13(16-7-11)19-4-5-20-14(2,10-19)12-8-17-18(3)9-12/h6-9H,4-5,10H2,1-3H3. The van der Waals surface area contributed by atoms with Gasteiger partial charge in [0.2, 0.25) is 5.95 Å². The summed E-state index contributed by atoms with van der Waals surface area (Å²) in [5, 5.41) is 4.23. The van der Waals surface area contributed by atoms with E-state index in [-0.39, 0.29) is 5.60 Å². The monoisotopic (exact) mass is 273 g/mol. The van der Waals surface area contributed by atoms with Gasteiger partial charge in [0, 0.05) is 37.7 Å². The largest absolute Gasteiger partial charge is 0.367 e. The molecule has 1 fully saturated rings. The lowest BCUT2D eigenvalue weighted by atomic mass is 9.97. The molecule has 0 N–H and O–H groups in total. The summed E-state index contributed by atoms with van der Waals surface area (Å²) >= 11 is 0. The third kappa shape index (κ3) is 2.38. The van der Waals surface area contributed by atoms with Gasteiger partial charge in [0.1, 0.15) is 5.60 Å².